The van der Waals surface area contributed by atoms with Crippen LogP contribution in [-0.2, 0) is 21.7 Å². The lowest BCUT2D eigenvalue weighted by molar-refractivity contribution is -0.138. The van der Waals surface area contributed by atoms with Gasteiger partial charge in [0, 0.05) is 16.4 Å². The molecule has 1 aliphatic heterocycles. The second-order valence-corrected chi connectivity index (χ2v) is 8.06. The van der Waals surface area contributed by atoms with E-state index in [1.165, 1.54) is 11.3 Å². The van der Waals surface area contributed by atoms with E-state index in [1.54, 1.807) is 42.2 Å². The van der Waals surface area contributed by atoms with Crippen LogP contribution in [0, 0.1) is 0 Å². The Bertz CT molecular complexity index is 898. The van der Waals surface area contributed by atoms with E-state index in [0.29, 0.717) is 23.7 Å². The van der Waals surface area contributed by atoms with E-state index < -0.39 is 17.5 Å². The molecule has 2 heterocycles. The lowest BCUT2D eigenvalue weighted by Gasteiger charge is -2.24. The standard InChI is InChI=1S/C20H20ClN3O3S/c1-3-10-23(12-16-5-4-11-28-16)17(25)13-24-18(26)20(2,22-19(24)27)14-6-8-15(21)9-7-14/h3-9,11H,1,10,12-13H2,2H3,(H,22,27)/t20-/m1/s1. The Balaban J connectivity index is 1.76. The summed E-state index contributed by atoms with van der Waals surface area (Å²) in [5.74, 6) is -0.792. The highest BCUT2D eigenvalue weighted by atomic mass is 35.5. The van der Waals surface area contributed by atoms with Crippen molar-refractivity contribution in [1.82, 2.24) is 15.1 Å². The van der Waals surface area contributed by atoms with E-state index >= 15 is 0 Å². The van der Waals surface area contributed by atoms with E-state index in [0.717, 1.165) is 9.78 Å². The summed E-state index contributed by atoms with van der Waals surface area (Å²) in [5.41, 5.74) is -0.634. The van der Waals surface area contributed by atoms with Gasteiger partial charge in [-0.15, -0.1) is 17.9 Å². The number of carbonyl (C=O) groups excluding carboxylic acids is 3. The van der Waals surface area contributed by atoms with Crippen molar-refractivity contribution in [2.45, 2.75) is 19.0 Å². The van der Waals surface area contributed by atoms with E-state index in [1.807, 2.05) is 17.5 Å². The van der Waals surface area contributed by atoms with E-state index in [-0.39, 0.29) is 12.5 Å². The Morgan fingerprint density at radius 1 is 1.32 bits per heavy atom. The number of thiophene rings is 1. The van der Waals surface area contributed by atoms with Gasteiger partial charge in [0.15, 0.2) is 0 Å². The number of halogens is 1. The second kappa shape index (κ2) is 8.16. The smallest absolute Gasteiger partial charge is 0.325 e. The maximum Gasteiger partial charge on any atom is 0.325 e. The minimum absolute atomic E-state index is 0.322. The molecule has 1 saturated heterocycles. The molecule has 1 aromatic heterocycles. The first-order valence-corrected chi connectivity index (χ1v) is 9.92. The average molecular weight is 418 g/mol. The van der Waals surface area contributed by atoms with Crippen molar-refractivity contribution < 1.29 is 14.4 Å². The third-order valence-electron chi connectivity index (χ3n) is 4.62. The number of urea groups is 1. The number of hydrogen-bond acceptors (Lipinski definition) is 4. The number of carbonyl (C=O) groups is 3. The van der Waals surface area contributed by atoms with Crippen LogP contribution in [0.15, 0.2) is 54.4 Å². The van der Waals surface area contributed by atoms with Gasteiger partial charge in [-0.05, 0) is 36.1 Å². The molecular weight excluding hydrogens is 398 g/mol. The topological polar surface area (TPSA) is 69.7 Å². The summed E-state index contributed by atoms with van der Waals surface area (Å²) in [5, 5.41) is 5.16. The zero-order valence-corrected chi connectivity index (χ0v) is 16.9. The first-order valence-electron chi connectivity index (χ1n) is 8.66. The van der Waals surface area contributed by atoms with E-state index in [2.05, 4.69) is 11.9 Å². The Kier molecular flexibility index (Phi) is 5.86. The molecule has 1 N–H and O–H groups in total. The van der Waals surface area contributed by atoms with Crippen LogP contribution in [0.1, 0.15) is 17.4 Å². The molecule has 0 saturated carbocycles. The molecule has 0 radical (unpaired) electrons. The van der Waals surface area contributed by atoms with Crippen LogP contribution >= 0.6 is 22.9 Å². The number of hydrogen-bond donors (Lipinski definition) is 1. The van der Waals surface area contributed by atoms with Crippen LogP contribution in [0.2, 0.25) is 5.02 Å². The van der Waals surface area contributed by atoms with Gasteiger partial charge < -0.3 is 10.2 Å². The van der Waals surface area contributed by atoms with Gasteiger partial charge >= 0.3 is 6.03 Å². The van der Waals surface area contributed by atoms with Crippen molar-refractivity contribution >= 4 is 40.8 Å². The van der Waals surface area contributed by atoms with Gasteiger partial charge in [0.05, 0.1) is 6.54 Å². The molecule has 4 amide bonds. The molecule has 1 atom stereocenters. The monoisotopic (exact) mass is 417 g/mol. The molecule has 1 aromatic carbocycles. The molecule has 1 aliphatic rings. The van der Waals surface area contributed by atoms with Gasteiger partial charge in [-0.2, -0.15) is 0 Å². The molecule has 28 heavy (non-hydrogen) atoms. The fourth-order valence-electron chi connectivity index (χ4n) is 3.06. The minimum Gasteiger partial charge on any atom is -0.332 e. The lowest BCUT2D eigenvalue weighted by Crippen LogP contribution is -2.44. The molecule has 146 valence electrons. The Morgan fingerprint density at radius 2 is 2.04 bits per heavy atom. The highest BCUT2D eigenvalue weighted by molar-refractivity contribution is 7.09. The SMILES string of the molecule is C=CCN(Cc1cccs1)C(=O)CN1C(=O)N[C@](C)(c2ccc(Cl)cc2)C1=O. The van der Waals surface area contributed by atoms with Gasteiger partial charge in [-0.25, -0.2) is 4.79 Å². The quantitative estimate of drug-likeness (QED) is 0.554. The molecular formula is C20H20ClN3O3S. The normalized spacial score (nSPS) is 18.9. The zero-order valence-electron chi connectivity index (χ0n) is 15.4. The average Bonchev–Trinajstić information content (AvgIpc) is 3.25. The van der Waals surface area contributed by atoms with Gasteiger partial charge in [0.1, 0.15) is 12.1 Å². The first kappa shape index (κ1) is 20.1. The van der Waals surface area contributed by atoms with Gasteiger partial charge in [-0.3, -0.25) is 14.5 Å². The Hall–Kier alpha value is -2.64. The van der Waals surface area contributed by atoms with Crippen LogP contribution in [-0.4, -0.2) is 40.7 Å². The zero-order chi connectivity index (χ0) is 20.3. The van der Waals surface area contributed by atoms with Crippen LogP contribution < -0.4 is 5.32 Å². The maximum absolute atomic E-state index is 13.0. The van der Waals surface area contributed by atoms with Crippen molar-refractivity contribution in [3.63, 3.8) is 0 Å². The van der Waals surface area contributed by atoms with Crippen LogP contribution in [0.3, 0.4) is 0 Å². The number of benzene rings is 1. The van der Waals surface area contributed by atoms with Crippen molar-refractivity contribution in [2.24, 2.45) is 0 Å². The Labute approximate surface area is 172 Å². The summed E-state index contributed by atoms with van der Waals surface area (Å²) < 4.78 is 0. The van der Waals surface area contributed by atoms with Gasteiger partial charge in [0.25, 0.3) is 5.91 Å². The predicted octanol–water partition coefficient (Wildman–Crippen LogP) is 3.38. The van der Waals surface area contributed by atoms with E-state index in [4.69, 9.17) is 11.6 Å². The third-order valence-corrected chi connectivity index (χ3v) is 5.73. The highest BCUT2D eigenvalue weighted by Gasteiger charge is 2.49. The van der Waals surface area contributed by atoms with Crippen LogP contribution in [0.25, 0.3) is 0 Å². The van der Waals surface area contributed by atoms with Crippen molar-refractivity contribution in [3.05, 3.63) is 69.9 Å². The van der Waals surface area contributed by atoms with Crippen LogP contribution in [0.4, 0.5) is 4.79 Å². The number of nitrogens with zero attached hydrogens (tertiary/aromatic N) is 2. The summed E-state index contributed by atoms with van der Waals surface area (Å²) in [6, 6.07) is 9.93. The van der Waals surface area contributed by atoms with Crippen molar-refractivity contribution in [2.75, 3.05) is 13.1 Å². The summed E-state index contributed by atoms with van der Waals surface area (Å²) >= 11 is 7.45. The fourth-order valence-corrected chi connectivity index (χ4v) is 3.90. The number of nitrogens with one attached hydrogen (secondary N) is 1. The number of amides is 4. The second-order valence-electron chi connectivity index (χ2n) is 6.60. The highest BCUT2D eigenvalue weighted by Crippen LogP contribution is 2.29. The minimum atomic E-state index is -1.24. The molecule has 1 fully saturated rings. The third kappa shape index (κ3) is 3.95. The molecule has 0 spiro atoms. The molecule has 2 aromatic rings. The predicted molar refractivity (Wildman–Crippen MR) is 109 cm³/mol. The summed E-state index contributed by atoms with van der Waals surface area (Å²) in [6.07, 6.45) is 1.62. The fraction of sp³-hybridized carbons (Fsp3) is 0.250. The largest absolute Gasteiger partial charge is 0.332 e. The molecule has 6 nitrogen and oxygen atoms in total. The molecule has 0 bridgehead atoms. The number of rotatable bonds is 7. The van der Waals surface area contributed by atoms with Crippen molar-refractivity contribution in [1.29, 1.82) is 0 Å². The van der Waals surface area contributed by atoms with E-state index in [9.17, 15) is 14.4 Å². The lowest BCUT2D eigenvalue weighted by atomic mass is 9.92. The van der Waals surface area contributed by atoms with Gasteiger partial charge in [0.2, 0.25) is 5.91 Å². The summed E-state index contributed by atoms with van der Waals surface area (Å²) in [4.78, 5) is 41.8. The number of imide groups is 1. The van der Waals surface area contributed by atoms with Crippen molar-refractivity contribution in [3.8, 4) is 0 Å². The summed E-state index contributed by atoms with van der Waals surface area (Å²) in [7, 11) is 0. The molecule has 8 heteroatoms. The molecule has 0 unspecified atom stereocenters. The Morgan fingerprint density at radius 3 is 2.64 bits per heavy atom. The summed E-state index contributed by atoms with van der Waals surface area (Å²) in [6.45, 7) is 5.71. The maximum atomic E-state index is 13.0. The molecule has 0 aliphatic carbocycles. The van der Waals surface area contributed by atoms with Gasteiger partial charge in [-0.1, -0.05) is 35.9 Å². The molecule has 3 rings (SSSR count). The first-order chi connectivity index (χ1) is 13.3. The van der Waals surface area contributed by atoms with Crippen LogP contribution in [0.5, 0.6) is 0 Å².